The number of ketones is 1. The summed E-state index contributed by atoms with van der Waals surface area (Å²) in [5, 5.41) is 0. The van der Waals surface area contributed by atoms with Crippen LogP contribution in [0.1, 0.15) is 26.7 Å². The van der Waals surface area contributed by atoms with Crippen molar-refractivity contribution in [2.24, 2.45) is 5.41 Å². The molecule has 1 unspecified atom stereocenters. The molecule has 0 aromatic heterocycles. The molecule has 1 nitrogen and oxygen atoms in total. The zero-order valence-electron chi connectivity index (χ0n) is 5.98. The van der Waals surface area contributed by atoms with Gasteiger partial charge in [0.05, 0.1) is 7.85 Å². The first-order chi connectivity index (χ1) is 4.01. The van der Waals surface area contributed by atoms with E-state index < -0.39 is 0 Å². The van der Waals surface area contributed by atoms with Crippen LogP contribution in [0.15, 0.2) is 0 Å². The third-order valence-electron chi connectivity index (χ3n) is 1.84. The minimum atomic E-state index is -0.181. The molecule has 1 rings (SSSR count). The number of hydrogen-bond acceptors (Lipinski definition) is 1. The van der Waals surface area contributed by atoms with E-state index in [1.807, 2.05) is 0 Å². The highest BCUT2D eigenvalue weighted by Crippen LogP contribution is 2.39. The lowest BCUT2D eigenvalue weighted by Crippen LogP contribution is -2.04. The first kappa shape index (κ1) is 6.85. The molecule has 0 bridgehead atoms. The van der Waals surface area contributed by atoms with E-state index >= 15 is 0 Å². The molecule has 1 fully saturated rings. The lowest BCUT2D eigenvalue weighted by atomic mass is 9.82. The Morgan fingerprint density at radius 3 is 2.33 bits per heavy atom. The van der Waals surface area contributed by atoms with E-state index in [2.05, 4.69) is 13.8 Å². The predicted molar refractivity (Wildman–Crippen MR) is 37.5 cm³/mol. The normalized spacial score (nSPS) is 33.1. The molecule has 0 amide bonds. The van der Waals surface area contributed by atoms with E-state index in [1.165, 1.54) is 0 Å². The molecule has 1 saturated carbocycles. The quantitative estimate of drug-likeness (QED) is 0.443. The predicted octanol–water partition coefficient (Wildman–Crippen LogP) is 1.33. The van der Waals surface area contributed by atoms with Crippen LogP contribution in [0, 0.1) is 5.41 Å². The summed E-state index contributed by atoms with van der Waals surface area (Å²) in [6.45, 7) is 4.16. The van der Waals surface area contributed by atoms with Gasteiger partial charge in [-0.25, -0.2) is 0 Å². The van der Waals surface area contributed by atoms with Crippen LogP contribution in [0.3, 0.4) is 0 Å². The fraction of sp³-hybridized carbons (Fsp3) is 0.857. The molecule has 0 spiro atoms. The molecular weight excluding hydrogens is 111 g/mol. The van der Waals surface area contributed by atoms with Crippen molar-refractivity contribution in [3.8, 4) is 0 Å². The van der Waals surface area contributed by atoms with Gasteiger partial charge in [-0.1, -0.05) is 13.8 Å². The lowest BCUT2D eigenvalue weighted by Gasteiger charge is -2.13. The third-order valence-corrected chi connectivity index (χ3v) is 1.84. The molecule has 0 saturated heterocycles. The number of carbonyl (C=O) groups excluding carboxylic acids is 1. The Kier molecular flexibility index (Phi) is 1.42. The highest BCUT2D eigenvalue weighted by molar-refractivity contribution is 6.25. The van der Waals surface area contributed by atoms with E-state index in [4.69, 9.17) is 7.85 Å². The van der Waals surface area contributed by atoms with Gasteiger partial charge >= 0.3 is 0 Å². The fourth-order valence-electron chi connectivity index (χ4n) is 1.38. The maximum Gasteiger partial charge on any atom is 0.127 e. The Hall–Kier alpha value is -0.265. The number of rotatable bonds is 0. The zero-order chi connectivity index (χ0) is 7.07. The van der Waals surface area contributed by atoms with Gasteiger partial charge in [-0.05, 0) is 17.7 Å². The molecule has 0 aromatic carbocycles. The van der Waals surface area contributed by atoms with Crippen LogP contribution in [-0.4, -0.2) is 13.6 Å². The lowest BCUT2D eigenvalue weighted by molar-refractivity contribution is -0.117. The third kappa shape index (κ3) is 1.35. The van der Waals surface area contributed by atoms with Gasteiger partial charge in [0.2, 0.25) is 0 Å². The number of Topliss-reactive ketones (excluding diaryl/α,β-unsaturated/α-hetero) is 1. The average Bonchev–Trinajstić information content (AvgIpc) is 1.79. The molecule has 9 heavy (non-hydrogen) atoms. The van der Waals surface area contributed by atoms with E-state index in [1.54, 1.807) is 0 Å². The second-order valence-electron chi connectivity index (χ2n) is 3.62. The SMILES string of the molecule is [B]C1CC(C)(C)CC1=O. The molecule has 0 aromatic rings. The van der Waals surface area contributed by atoms with Gasteiger partial charge in [-0.2, -0.15) is 0 Å². The summed E-state index contributed by atoms with van der Waals surface area (Å²) in [5.41, 5.74) is 0.163. The molecule has 0 aliphatic heterocycles. The van der Waals surface area contributed by atoms with Crippen LogP contribution in [0.2, 0.25) is 5.82 Å². The Balaban J connectivity index is 2.65. The molecule has 0 N–H and O–H groups in total. The smallest absolute Gasteiger partial charge is 0.127 e. The highest BCUT2D eigenvalue weighted by atomic mass is 16.1. The van der Waals surface area contributed by atoms with Crippen molar-refractivity contribution in [2.75, 3.05) is 0 Å². The van der Waals surface area contributed by atoms with Crippen LogP contribution >= 0.6 is 0 Å². The van der Waals surface area contributed by atoms with Crippen molar-refractivity contribution in [1.29, 1.82) is 0 Å². The van der Waals surface area contributed by atoms with Gasteiger partial charge in [0.15, 0.2) is 0 Å². The van der Waals surface area contributed by atoms with E-state index in [9.17, 15) is 4.79 Å². The van der Waals surface area contributed by atoms with E-state index in [-0.39, 0.29) is 17.0 Å². The second-order valence-corrected chi connectivity index (χ2v) is 3.62. The molecular formula is C7H11BO. The summed E-state index contributed by atoms with van der Waals surface area (Å²) in [6.07, 6.45) is 1.51. The summed E-state index contributed by atoms with van der Waals surface area (Å²) in [7, 11) is 5.50. The maximum atomic E-state index is 10.9. The zero-order valence-corrected chi connectivity index (χ0v) is 5.98. The molecule has 2 heteroatoms. The highest BCUT2D eigenvalue weighted by Gasteiger charge is 2.34. The number of carbonyl (C=O) groups is 1. The van der Waals surface area contributed by atoms with Crippen LogP contribution in [0.4, 0.5) is 0 Å². The minimum absolute atomic E-state index is 0.163. The Labute approximate surface area is 57.2 Å². The first-order valence-corrected chi connectivity index (χ1v) is 3.30. The Bertz CT molecular complexity index is 140. The van der Waals surface area contributed by atoms with Crippen molar-refractivity contribution in [3.63, 3.8) is 0 Å². The summed E-state index contributed by atoms with van der Waals surface area (Å²) in [6, 6.07) is 0. The molecule has 1 atom stereocenters. The molecule has 1 aliphatic rings. The summed E-state index contributed by atoms with van der Waals surface area (Å²) >= 11 is 0. The first-order valence-electron chi connectivity index (χ1n) is 3.30. The monoisotopic (exact) mass is 122 g/mol. The number of hydrogen-bond donors (Lipinski definition) is 0. The Morgan fingerprint density at radius 2 is 2.22 bits per heavy atom. The topological polar surface area (TPSA) is 17.1 Å². The molecule has 48 valence electrons. The van der Waals surface area contributed by atoms with Crippen LogP contribution in [-0.2, 0) is 4.79 Å². The van der Waals surface area contributed by atoms with Crippen molar-refractivity contribution in [1.82, 2.24) is 0 Å². The molecule has 1 aliphatic carbocycles. The Morgan fingerprint density at radius 1 is 1.67 bits per heavy atom. The van der Waals surface area contributed by atoms with Crippen molar-refractivity contribution in [3.05, 3.63) is 0 Å². The minimum Gasteiger partial charge on any atom is -0.300 e. The summed E-state index contributed by atoms with van der Waals surface area (Å²) in [5.74, 6) is 0.0417. The summed E-state index contributed by atoms with van der Waals surface area (Å²) in [4.78, 5) is 10.9. The fourth-order valence-corrected chi connectivity index (χ4v) is 1.38. The van der Waals surface area contributed by atoms with Gasteiger partial charge in [-0.3, -0.25) is 0 Å². The largest absolute Gasteiger partial charge is 0.300 e. The van der Waals surface area contributed by atoms with Gasteiger partial charge in [-0.15, -0.1) is 0 Å². The van der Waals surface area contributed by atoms with Crippen LogP contribution < -0.4 is 0 Å². The van der Waals surface area contributed by atoms with Crippen molar-refractivity contribution in [2.45, 2.75) is 32.5 Å². The van der Waals surface area contributed by atoms with Crippen LogP contribution in [0.5, 0.6) is 0 Å². The maximum absolute atomic E-state index is 10.9. The molecule has 0 heterocycles. The van der Waals surface area contributed by atoms with Gasteiger partial charge in [0.1, 0.15) is 5.78 Å². The van der Waals surface area contributed by atoms with E-state index in [0.29, 0.717) is 6.42 Å². The van der Waals surface area contributed by atoms with Gasteiger partial charge < -0.3 is 4.79 Å². The summed E-state index contributed by atoms with van der Waals surface area (Å²) < 4.78 is 0. The van der Waals surface area contributed by atoms with E-state index in [0.717, 1.165) is 6.42 Å². The van der Waals surface area contributed by atoms with Gasteiger partial charge in [0, 0.05) is 6.42 Å². The van der Waals surface area contributed by atoms with Crippen LogP contribution in [0.25, 0.3) is 0 Å². The average molecular weight is 122 g/mol. The van der Waals surface area contributed by atoms with Gasteiger partial charge in [0.25, 0.3) is 0 Å². The standard InChI is InChI=1S/C7H11BO/c1-7(2)3-5(8)6(9)4-7/h5H,3-4H2,1-2H3. The van der Waals surface area contributed by atoms with Crippen molar-refractivity contribution < 1.29 is 4.79 Å². The molecule has 2 radical (unpaired) electrons. The van der Waals surface area contributed by atoms with Crippen molar-refractivity contribution >= 4 is 13.6 Å². The second kappa shape index (κ2) is 1.86.